The predicted octanol–water partition coefficient (Wildman–Crippen LogP) is 2.49. The highest BCUT2D eigenvalue weighted by atomic mass is 16.4. The zero-order valence-electron chi connectivity index (χ0n) is 10.5. The van der Waals surface area contributed by atoms with Crippen LogP contribution in [-0.4, -0.2) is 16.1 Å². The summed E-state index contributed by atoms with van der Waals surface area (Å²) < 4.78 is 0. The molecule has 1 aliphatic rings. The molecule has 2 aromatic rings. The Morgan fingerprint density at radius 2 is 2.16 bits per heavy atom. The van der Waals surface area contributed by atoms with Gasteiger partial charge in [0, 0.05) is 18.3 Å². The summed E-state index contributed by atoms with van der Waals surface area (Å²) in [5.41, 5.74) is 3.69. The van der Waals surface area contributed by atoms with Crippen LogP contribution < -0.4 is 5.32 Å². The molecule has 3 rings (SSSR count). The molecule has 98 valence electrons. The van der Waals surface area contributed by atoms with E-state index in [0.717, 1.165) is 30.6 Å². The molecule has 0 unspecified atom stereocenters. The van der Waals surface area contributed by atoms with E-state index in [1.807, 2.05) is 18.2 Å². The van der Waals surface area contributed by atoms with E-state index in [0.29, 0.717) is 0 Å². The van der Waals surface area contributed by atoms with E-state index in [-0.39, 0.29) is 11.7 Å². The molecular weight excluding hydrogens is 240 g/mol. The molecule has 0 spiro atoms. The third-order valence-electron chi connectivity index (χ3n) is 3.62. The maximum absolute atomic E-state index is 10.9. The molecule has 0 aliphatic heterocycles. The summed E-state index contributed by atoms with van der Waals surface area (Å²) in [4.78, 5) is 13.9. The smallest absolute Gasteiger partial charge is 0.352 e. The van der Waals surface area contributed by atoms with Crippen molar-refractivity contribution in [1.29, 1.82) is 0 Å². The largest absolute Gasteiger partial charge is 0.477 e. The average molecular weight is 256 g/mol. The third-order valence-corrected chi connectivity index (χ3v) is 3.62. The van der Waals surface area contributed by atoms with Crippen LogP contribution in [-0.2, 0) is 13.0 Å². The van der Waals surface area contributed by atoms with Crippen LogP contribution in [0.5, 0.6) is 0 Å². The predicted molar refractivity (Wildman–Crippen MR) is 72.1 cm³/mol. The quantitative estimate of drug-likeness (QED) is 0.787. The van der Waals surface area contributed by atoms with Crippen molar-refractivity contribution in [3.63, 3.8) is 0 Å². The van der Waals surface area contributed by atoms with Crippen LogP contribution in [0.25, 0.3) is 0 Å². The average Bonchev–Trinajstić information content (AvgIpc) is 2.98. The molecule has 0 bridgehead atoms. The summed E-state index contributed by atoms with van der Waals surface area (Å²) in [7, 11) is 0. The first kappa shape index (κ1) is 12.0. The number of H-pyrrole nitrogens is 1. The van der Waals surface area contributed by atoms with Gasteiger partial charge in [0.05, 0.1) is 0 Å². The molecule has 1 aromatic carbocycles. The number of carbonyl (C=O) groups is 1. The summed E-state index contributed by atoms with van der Waals surface area (Å²) in [6.45, 7) is 0.804. The monoisotopic (exact) mass is 256 g/mol. The number of aromatic carboxylic acids is 1. The standard InChI is InChI=1S/C15H16N2O2/c18-15(19)14-8-11-12(6-7-13(11)17-14)16-9-10-4-2-1-3-5-10/h1-5,8,12,16-17H,6-7,9H2,(H,18,19)/t12-/m0/s1. The molecule has 4 heteroatoms. The Morgan fingerprint density at radius 1 is 1.37 bits per heavy atom. The molecule has 0 amide bonds. The van der Waals surface area contributed by atoms with Crippen molar-refractivity contribution in [2.45, 2.75) is 25.4 Å². The van der Waals surface area contributed by atoms with Crippen LogP contribution >= 0.6 is 0 Å². The fourth-order valence-electron chi connectivity index (χ4n) is 2.64. The van der Waals surface area contributed by atoms with Gasteiger partial charge in [0.1, 0.15) is 5.69 Å². The Bertz CT molecular complexity index is 589. The van der Waals surface area contributed by atoms with Crippen molar-refractivity contribution in [3.05, 3.63) is 58.9 Å². The first-order valence-electron chi connectivity index (χ1n) is 6.46. The fourth-order valence-corrected chi connectivity index (χ4v) is 2.64. The summed E-state index contributed by atoms with van der Waals surface area (Å²) in [5.74, 6) is -0.892. The summed E-state index contributed by atoms with van der Waals surface area (Å²) >= 11 is 0. The molecule has 1 aliphatic carbocycles. The van der Waals surface area contributed by atoms with Gasteiger partial charge in [-0.15, -0.1) is 0 Å². The molecule has 4 nitrogen and oxygen atoms in total. The zero-order chi connectivity index (χ0) is 13.2. The number of aromatic nitrogens is 1. The molecule has 0 saturated heterocycles. The van der Waals surface area contributed by atoms with E-state index in [9.17, 15) is 4.79 Å². The molecule has 0 fully saturated rings. The third kappa shape index (κ3) is 2.39. The first-order valence-corrected chi connectivity index (χ1v) is 6.46. The summed E-state index contributed by atoms with van der Waals surface area (Å²) in [5, 5.41) is 12.5. The van der Waals surface area contributed by atoms with Crippen molar-refractivity contribution in [2.24, 2.45) is 0 Å². The Morgan fingerprint density at radius 3 is 2.89 bits per heavy atom. The van der Waals surface area contributed by atoms with Crippen LogP contribution in [0.4, 0.5) is 0 Å². The van der Waals surface area contributed by atoms with Crippen LogP contribution in [0.2, 0.25) is 0 Å². The number of nitrogens with one attached hydrogen (secondary N) is 2. The molecule has 3 N–H and O–H groups in total. The Hall–Kier alpha value is -2.07. The topological polar surface area (TPSA) is 65.1 Å². The highest BCUT2D eigenvalue weighted by Crippen LogP contribution is 2.31. The maximum atomic E-state index is 10.9. The highest BCUT2D eigenvalue weighted by Gasteiger charge is 2.25. The minimum absolute atomic E-state index is 0.250. The number of aryl methyl sites for hydroxylation is 1. The number of benzene rings is 1. The van der Waals surface area contributed by atoms with E-state index >= 15 is 0 Å². The number of carboxylic acids is 1. The second-order valence-electron chi connectivity index (χ2n) is 4.88. The SMILES string of the molecule is O=C(O)c1cc2c([nH]1)CC[C@@H]2NCc1ccccc1. The Labute approximate surface area is 111 Å². The lowest BCUT2D eigenvalue weighted by atomic mass is 10.1. The van der Waals surface area contributed by atoms with Gasteiger partial charge in [-0.3, -0.25) is 0 Å². The first-order chi connectivity index (χ1) is 9.24. The van der Waals surface area contributed by atoms with E-state index in [1.54, 1.807) is 6.07 Å². The lowest BCUT2D eigenvalue weighted by molar-refractivity contribution is 0.0691. The van der Waals surface area contributed by atoms with Gasteiger partial charge in [0.2, 0.25) is 0 Å². The normalized spacial score (nSPS) is 17.4. The van der Waals surface area contributed by atoms with Gasteiger partial charge in [0.25, 0.3) is 0 Å². The minimum atomic E-state index is -0.892. The van der Waals surface area contributed by atoms with E-state index in [2.05, 4.69) is 22.4 Å². The van der Waals surface area contributed by atoms with E-state index in [1.165, 1.54) is 5.56 Å². The number of fused-ring (bicyclic) bond motifs is 1. The van der Waals surface area contributed by atoms with Gasteiger partial charge in [-0.05, 0) is 30.0 Å². The van der Waals surface area contributed by atoms with Gasteiger partial charge in [-0.2, -0.15) is 0 Å². The molecule has 19 heavy (non-hydrogen) atoms. The van der Waals surface area contributed by atoms with Gasteiger partial charge in [0.15, 0.2) is 0 Å². The Kier molecular flexibility index (Phi) is 3.09. The van der Waals surface area contributed by atoms with Gasteiger partial charge < -0.3 is 15.4 Å². The molecular formula is C15H16N2O2. The highest BCUT2D eigenvalue weighted by molar-refractivity contribution is 5.86. The number of hydrogen-bond donors (Lipinski definition) is 3. The van der Waals surface area contributed by atoms with Crippen LogP contribution in [0.15, 0.2) is 36.4 Å². The number of carboxylic acid groups (broad SMARTS) is 1. The zero-order valence-corrected chi connectivity index (χ0v) is 10.5. The van der Waals surface area contributed by atoms with E-state index in [4.69, 9.17) is 5.11 Å². The fraction of sp³-hybridized carbons (Fsp3) is 0.267. The van der Waals surface area contributed by atoms with Gasteiger partial charge in [-0.25, -0.2) is 4.79 Å². The van der Waals surface area contributed by atoms with Crippen molar-refractivity contribution in [3.8, 4) is 0 Å². The number of aromatic amines is 1. The van der Waals surface area contributed by atoms with Crippen molar-refractivity contribution >= 4 is 5.97 Å². The van der Waals surface area contributed by atoms with Crippen molar-refractivity contribution in [2.75, 3.05) is 0 Å². The van der Waals surface area contributed by atoms with Crippen molar-refractivity contribution < 1.29 is 9.90 Å². The maximum Gasteiger partial charge on any atom is 0.352 e. The molecule has 0 saturated carbocycles. The van der Waals surface area contributed by atoms with Crippen LogP contribution in [0, 0.1) is 0 Å². The molecule has 1 heterocycles. The second kappa shape index (κ2) is 4.90. The number of hydrogen-bond acceptors (Lipinski definition) is 2. The second-order valence-corrected chi connectivity index (χ2v) is 4.88. The van der Waals surface area contributed by atoms with Crippen molar-refractivity contribution in [1.82, 2.24) is 10.3 Å². The molecule has 1 aromatic heterocycles. The Balaban J connectivity index is 1.70. The molecule has 0 radical (unpaired) electrons. The van der Waals surface area contributed by atoms with Crippen LogP contribution in [0.3, 0.4) is 0 Å². The summed E-state index contributed by atoms with van der Waals surface area (Å²) in [6, 6.07) is 12.2. The lowest BCUT2D eigenvalue weighted by Crippen LogP contribution is -2.18. The minimum Gasteiger partial charge on any atom is -0.477 e. The van der Waals surface area contributed by atoms with E-state index < -0.39 is 5.97 Å². The van der Waals surface area contributed by atoms with Crippen LogP contribution in [0.1, 0.15) is 39.8 Å². The summed E-state index contributed by atoms with van der Waals surface area (Å²) in [6.07, 6.45) is 1.93. The van der Waals surface area contributed by atoms with Gasteiger partial charge in [-0.1, -0.05) is 30.3 Å². The lowest BCUT2D eigenvalue weighted by Gasteiger charge is -2.12. The number of rotatable bonds is 4. The molecule has 1 atom stereocenters. The van der Waals surface area contributed by atoms with Gasteiger partial charge >= 0.3 is 5.97 Å².